The fourth-order valence-corrected chi connectivity index (χ4v) is 3.41. The van der Waals surface area contributed by atoms with Gasteiger partial charge in [-0.05, 0) is 45.9 Å². The highest BCUT2D eigenvalue weighted by Crippen LogP contribution is 2.42. The lowest BCUT2D eigenvalue weighted by Crippen LogP contribution is -2.29. The van der Waals surface area contributed by atoms with Gasteiger partial charge in [-0.15, -0.1) is 0 Å². The predicted molar refractivity (Wildman–Crippen MR) is 76.5 cm³/mol. The SMILES string of the molecule is CCN1CCC(CNC)C1c1c(C)nn(C)c1OC. The maximum absolute atomic E-state index is 5.58. The minimum Gasteiger partial charge on any atom is -0.481 e. The molecular weight excluding hydrogens is 240 g/mol. The van der Waals surface area contributed by atoms with Gasteiger partial charge in [0.25, 0.3) is 0 Å². The summed E-state index contributed by atoms with van der Waals surface area (Å²) in [5, 5.41) is 7.86. The zero-order chi connectivity index (χ0) is 14.0. The lowest BCUT2D eigenvalue weighted by Gasteiger charge is -2.27. The molecule has 0 aliphatic carbocycles. The van der Waals surface area contributed by atoms with E-state index in [1.807, 2.05) is 18.8 Å². The van der Waals surface area contributed by atoms with Gasteiger partial charge in [0.05, 0.1) is 18.4 Å². The third-order valence-electron chi connectivity index (χ3n) is 4.20. The number of hydrogen-bond donors (Lipinski definition) is 1. The van der Waals surface area contributed by atoms with Crippen molar-refractivity contribution in [1.82, 2.24) is 20.0 Å². The van der Waals surface area contributed by atoms with E-state index in [0.717, 1.165) is 31.2 Å². The quantitative estimate of drug-likeness (QED) is 0.873. The number of ether oxygens (including phenoxy) is 1. The maximum Gasteiger partial charge on any atom is 0.216 e. The van der Waals surface area contributed by atoms with E-state index < -0.39 is 0 Å². The maximum atomic E-state index is 5.58. The van der Waals surface area contributed by atoms with Gasteiger partial charge in [-0.2, -0.15) is 5.10 Å². The Bertz CT molecular complexity index is 429. The summed E-state index contributed by atoms with van der Waals surface area (Å²) in [7, 11) is 5.71. The average Bonchev–Trinajstić information content (AvgIpc) is 2.89. The first-order valence-corrected chi connectivity index (χ1v) is 7.10. The summed E-state index contributed by atoms with van der Waals surface area (Å²) < 4.78 is 7.44. The second kappa shape index (κ2) is 5.92. The van der Waals surface area contributed by atoms with Crippen LogP contribution in [0.1, 0.15) is 30.6 Å². The highest BCUT2D eigenvalue weighted by atomic mass is 16.5. The van der Waals surface area contributed by atoms with E-state index >= 15 is 0 Å². The van der Waals surface area contributed by atoms with Gasteiger partial charge in [0.1, 0.15) is 0 Å². The normalized spacial score (nSPS) is 24.1. The Balaban J connectivity index is 2.40. The Morgan fingerprint density at radius 1 is 1.47 bits per heavy atom. The Hall–Kier alpha value is -1.07. The van der Waals surface area contributed by atoms with Crippen LogP contribution >= 0.6 is 0 Å². The Kier molecular flexibility index (Phi) is 4.47. The number of hydrogen-bond acceptors (Lipinski definition) is 4. The molecule has 5 nitrogen and oxygen atoms in total. The smallest absolute Gasteiger partial charge is 0.216 e. The van der Waals surface area contributed by atoms with Crippen molar-refractivity contribution in [3.05, 3.63) is 11.3 Å². The summed E-state index contributed by atoms with van der Waals surface area (Å²) in [6.07, 6.45) is 1.23. The number of aromatic nitrogens is 2. The summed E-state index contributed by atoms with van der Waals surface area (Å²) in [5.41, 5.74) is 2.36. The van der Waals surface area contributed by atoms with E-state index in [9.17, 15) is 0 Å². The van der Waals surface area contributed by atoms with Gasteiger partial charge in [0.15, 0.2) is 0 Å². The van der Waals surface area contributed by atoms with E-state index in [1.165, 1.54) is 12.0 Å². The molecule has 5 heteroatoms. The molecule has 2 heterocycles. The van der Waals surface area contributed by atoms with Crippen molar-refractivity contribution < 1.29 is 4.74 Å². The molecule has 2 unspecified atom stereocenters. The number of likely N-dealkylation sites (tertiary alicyclic amines) is 1. The molecule has 0 bridgehead atoms. The summed E-state index contributed by atoms with van der Waals surface area (Å²) in [5.74, 6) is 1.53. The third kappa shape index (κ3) is 2.49. The summed E-state index contributed by atoms with van der Waals surface area (Å²) in [6, 6.07) is 0.418. The molecule has 0 radical (unpaired) electrons. The van der Waals surface area contributed by atoms with Gasteiger partial charge in [0.2, 0.25) is 5.88 Å². The van der Waals surface area contributed by atoms with E-state index in [2.05, 4.69) is 29.2 Å². The van der Waals surface area contributed by atoms with Crippen LogP contribution in [0.2, 0.25) is 0 Å². The Morgan fingerprint density at radius 2 is 2.21 bits per heavy atom. The molecule has 1 aromatic heterocycles. The fourth-order valence-electron chi connectivity index (χ4n) is 3.41. The van der Waals surface area contributed by atoms with Gasteiger partial charge in [-0.1, -0.05) is 6.92 Å². The number of nitrogens with zero attached hydrogens (tertiary/aromatic N) is 3. The second-order valence-electron chi connectivity index (χ2n) is 5.31. The Labute approximate surface area is 115 Å². The molecule has 1 aliphatic rings. The summed E-state index contributed by atoms with van der Waals surface area (Å²) in [6.45, 7) is 7.58. The van der Waals surface area contributed by atoms with Crippen LogP contribution in [-0.4, -0.2) is 48.5 Å². The van der Waals surface area contributed by atoms with E-state index in [0.29, 0.717) is 12.0 Å². The van der Waals surface area contributed by atoms with Crippen LogP contribution < -0.4 is 10.1 Å². The molecule has 1 saturated heterocycles. The second-order valence-corrected chi connectivity index (χ2v) is 5.31. The lowest BCUT2D eigenvalue weighted by atomic mass is 9.93. The fraction of sp³-hybridized carbons (Fsp3) is 0.786. The average molecular weight is 266 g/mol. The number of rotatable bonds is 5. The molecule has 0 saturated carbocycles. The molecular formula is C14H26N4O. The molecule has 1 aliphatic heterocycles. The van der Waals surface area contributed by atoms with Crippen molar-refractivity contribution in [2.24, 2.45) is 13.0 Å². The monoisotopic (exact) mass is 266 g/mol. The van der Waals surface area contributed by atoms with Gasteiger partial charge in [0, 0.05) is 13.1 Å². The minimum atomic E-state index is 0.418. The van der Waals surface area contributed by atoms with Crippen LogP contribution in [0.25, 0.3) is 0 Å². The van der Waals surface area contributed by atoms with Crippen LogP contribution in [-0.2, 0) is 7.05 Å². The van der Waals surface area contributed by atoms with Gasteiger partial charge < -0.3 is 10.1 Å². The van der Waals surface area contributed by atoms with Crippen molar-refractivity contribution >= 4 is 0 Å². The molecule has 108 valence electrons. The molecule has 19 heavy (non-hydrogen) atoms. The standard InChI is InChI=1S/C14H26N4O/c1-6-18-8-7-11(9-15-3)13(18)12-10(2)16-17(4)14(12)19-5/h11,13,15H,6-9H2,1-5H3. The molecule has 1 aromatic rings. The topological polar surface area (TPSA) is 42.3 Å². The highest BCUT2D eigenvalue weighted by molar-refractivity contribution is 5.35. The molecule has 2 atom stereocenters. The van der Waals surface area contributed by atoms with Crippen LogP contribution in [0.3, 0.4) is 0 Å². The van der Waals surface area contributed by atoms with Crippen LogP contribution in [0.15, 0.2) is 0 Å². The van der Waals surface area contributed by atoms with Crippen LogP contribution in [0.4, 0.5) is 0 Å². The summed E-state index contributed by atoms with van der Waals surface area (Å²) >= 11 is 0. The molecule has 1 N–H and O–H groups in total. The molecule has 2 rings (SSSR count). The molecule has 0 spiro atoms. The molecule has 1 fully saturated rings. The number of methoxy groups -OCH3 is 1. The highest BCUT2D eigenvalue weighted by Gasteiger charge is 2.38. The largest absolute Gasteiger partial charge is 0.481 e. The minimum absolute atomic E-state index is 0.418. The van der Waals surface area contributed by atoms with Crippen molar-refractivity contribution in [2.45, 2.75) is 26.3 Å². The van der Waals surface area contributed by atoms with Crippen molar-refractivity contribution in [3.63, 3.8) is 0 Å². The number of nitrogens with one attached hydrogen (secondary N) is 1. The van der Waals surface area contributed by atoms with Gasteiger partial charge in [-0.3, -0.25) is 4.90 Å². The first-order valence-electron chi connectivity index (χ1n) is 7.10. The van der Waals surface area contributed by atoms with E-state index in [4.69, 9.17) is 4.74 Å². The van der Waals surface area contributed by atoms with Crippen molar-refractivity contribution in [1.29, 1.82) is 0 Å². The predicted octanol–water partition coefficient (Wildman–Crippen LogP) is 1.34. The first kappa shape index (κ1) is 14.3. The van der Waals surface area contributed by atoms with E-state index in [-0.39, 0.29) is 0 Å². The van der Waals surface area contributed by atoms with E-state index in [1.54, 1.807) is 7.11 Å². The Morgan fingerprint density at radius 3 is 2.79 bits per heavy atom. The van der Waals surface area contributed by atoms with Gasteiger partial charge >= 0.3 is 0 Å². The zero-order valence-corrected chi connectivity index (χ0v) is 12.7. The zero-order valence-electron chi connectivity index (χ0n) is 12.7. The molecule has 0 aromatic carbocycles. The van der Waals surface area contributed by atoms with Crippen molar-refractivity contribution in [3.8, 4) is 5.88 Å². The van der Waals surface area contributed by atoms with Gasteiger partial charge in [-0.25, -0.2) is 4.68 Å². The van der Waals surface area contributed by atoms with Crippen LogP contribution in [0, 0.1) is 12.8 Å². The summed E-state index contributed by atoms with van der Waals surface area (Å²) in [4.78, 5) is 2.54. The lowest BCUT2D eigenvalue weighted by molar-refractivity contribution is 0.230. The number of aryl methyl sites for hydroxylation is 2. The van der Waals surface area contributed by atoms with Crippen molar-refractivity contribution in [2.75, 3.05) is 33.8 Å². The third-order valence-corrected chi connectivity index (χ3v) is 4.20. The first-order chi connectivity index (χ1) is 9.13. The van der Waals surface area contributed by atoms with Crippen LogP contribution in [0.5, 0.6) is 5.88 Å². The molecule has 0 amide bonds.